The Balaban J connectivity index is 1.70. The molecule has 0 saturated carbocycles. The summed E-state index contributed by atoms with van der Waals surface area (Å²) < 4.78 is 0. The largest absolute Gasteiger partial charge is 0.356 e. The van der Waals surface area contributed by atoms with Gasteiger partial charge in [0.2, 0.25) is 5.91 Å². The Morgan fingerprint density at radius 3 is 2.54 bits per heavy atom. The number of likely N-dealkylation sites (N-methyl/N-ethyl adjacent to an activating group) is 1. The van der Waals surface area contributed by atoms with E-state index in [4.69, 9.17) is 0 Å². The third-order valence-electron chi connectivity index (χ3n) is 6.35. The smallest absolute Gasteiger partial charge is 0.255 e. The summed E-state index contributed by atoms with van der Waals surface area (Å²) in [4.78, 5) is 34.2. The molecule has 5 nitrogen and oxygen atoms in total. The number of hydrogen-bond acceptors (Lipinski definition) is 2. The molecule has 2 atom stereocenters. The van der Waals surface area contributed by atoms with Crippen LogP contribution in [0.1, 0.15) is 30.7 Å². The SMILES string of the molecule is CCN1C(=O)[C@@H]2Cc3c([nH]c4ccccc34)[C@]1(C)C(=O)N2Cc1ccccc1. The minimum Gasteiger partial charge on any atom is -0.356 e. The molecule has 4 heterocycles. The summed E-state index contributed by atoms with van der Waals surface area (Å²) in [6.45, 7) is 4.79. The molecule has 1 fully saturated rings. The Hall–Kier alpha value is -3.08. The van der Waals surface area contributed by atoms with E-state index in [0.717, 1.165) is 27.7 Å². The minimum absolute atomic E-state index is 0.00638. The van der Waals surface area contributed by atoms with Crippen LogP contribution in [0.25, 0.3) is 10.9 Å². The van der Waals surface area contributed by atoms with Gasteiger partial charge in [0.25, 0.3) is 5.91 Å². The maximum Gasteiger partial charge on any atom is 0.255 e. The molecule has 0 radical (unpaired) electrons. The molecule has 1 aromatic heterocycles. The highest BCUT2D eigenvalue weighted by atomic mass is 16.2. The highest BCUT2D eigenvalue weighted by molar-refractivity contribution is 6.03. The van der Waals surface area contributed by atoms with Gasteiger partial charge in [-0.25, -0.2) is 0 Å². The van der Waals surface area contributed by atoms with E-state index in [1.54, 1.807) is 9.80 Å². The van der Waals surface area contributed by atoms with Crippen molar-refractivity contribution in [3.63, 3.8) is 0 Å². The van der Waals surface area contributed by atoms with E-state index in [1.807, 2.05) is 62.4 Å². The van der Waals surface area contributed by atoms with Gasteiger partial charge in [0.05, 0.1) is 5.69 Å². The lowest BCUT2D eigenvalue weighted by Gasteiger charge is -2.48. The van der Waals surface area contributed by atoms with Crippen molar-refractivity contribution in [2.45, 2.75) is 38.4 Å². The number of amides is 2. The van der Waals surface area contributed by atoms with E-state index >= 15 is 0 Å². The van der Waals surface area contributed by atoms with E-state index in [-0.39, 0.29) is 11.8 Å². The molecule has 5 heteroatoms. The van der Waals surface area contributed by atoms with Gasteiger partial charge < -0.3 is 14.8 Å². The first-order chi connectivity index (χ1) is 13.6. The molecular formula is C23H23N3O2. The molecule has 3 aliphatic rings. The number of nitrogens with zero attached hydrogens (tertiary/aromatic N) is 2. The average molecular weight is 373 g/mol. The van der Waals surface area contributed by atoms with Crippen LogP contribution in [0.15, 0.2) is 54.6 Å². The highest BCUT2D eigenvalue weighted by Crippen LogP contribution is 2.44. The number of nitrogens with one attached hydrogen (secondary N) is 1. The Bertz CT molecular complexity index is 1090. The van der Waals surface area contributed by atoms with Crippen molar-refractivity contribution in [3.05, 3.63) is 71.4 Å². The second-order valence-electron chi connectivity index (χ2n) is 7.82. The van der Waals surface area contributed by atoms with Crippen LogP contribution in [0, 0.1) is 0 Å². The molecule has 6 rings (SSSR count). The first kappa shape index (κ1) is 17.0. The molecule has 2 bridgehead atoms. The summed E-state index contributed by atoms with van der Waals surface area (Å²) >= 11 is 0. The summed E-state index contributed by atoms with van der Waals surface area (Å²) in [5.74, 6) is 0.0299. The zero-order chi connectivity index (χ0) is 19.5. The number of aromatic amines is 1. The molecule has 1 saturated heterocycles. The average Bonchev–Trinajstić information content (AvgIpc) is 3.02. The second kappa shape index (κ2) is 5.96. The van der Waals surface area contributed by atoms with Crippen molar-refractivity contribution >= 4 is 22.7 Å². The van der Waals surface area contributed by atoms with E-state index in [9.17, 15) is 9.59 Å². The number of benzene rings is 2. The number of fused-ring (bicyclic) bond motifs is 3. The van der Waals surface area contributed by atoms with Crippen molar-refractivity contribution < 1.29 is 9.59 Å². The van der Waals surface area contributed by atoms with Crippen molar-refractivity contribution in [1.82, 2.24) is 14.8 Å². The third-order valence-corrected chi connectivity index (χ3v) is 6.35. The van der Waals surface area contributed by atoms with Crippen LogP contribution >= 0.6 is 0 Å². The van der Waals surface area contributed by atoms with Gasteiger partial charge in [-0.2, -0.15) is 0 Å². The number of H-pyrrole nitrogens is 1. The van der Waals surface area contributed by atoms with Crippen molar-refractivity contribution in [3.8, 4) is 0 Å². The van der Waals surface area contributed by atoms with Crippen LogP contribution in [0.5, 0.6) is 0 Å². The van der Waals surface area contributed by atoms with Crippen LogP contribution in [0.3, 0.4) is 0 Å². The molecule has 0 aliphatic carbocycles. The summed E-state index contributed by atoms with van der Waals surface area (Å²) in [7, 11) is 0. The highest BCUT2D eigenvalue weighted by Gasteiger charge is 2.58. The Kier molecular flexibility index (Phi) is 3.63. The maximum atomic E-state index is 13.8. The summed E-state index contributed by atoms with van der Waals surface area (Å²) in [5, 5.41) is 1.11. The fraction of sp³-hybridized carbons (Fsp3) is 0.304. The normalized spacial score (nSPS) is 24.0. The number of aromatic nitrogens is 1. The third kappa shape index (κ3) is 2.13. The topological polar surface area (TPSA) is 56.4 Å². The number of carbonyl (C=O) groups excluding carboxylic acids is 2. The molecule has 3 aliphatic heterocycles. The van der Waals surface area contributed by atoms with Crippen molar-refractivity contribution in [1.29, 1.82) is 0 Å². The number of piperazine rings is 1. The molecule has 2 aromatic carbocycles. The first-order valence-electron chi connectivity index (χ1n) is 9.82. The Morgan fingerprint density at radius 2 is 1.79 bits per heavy atom. The Morgan fingerprint density at radius 1 is 1.07 bits per heavy atom. The number of carbonyl (C=O) groups is 2. The van der Waals surface area contributed by atoms with E-state index < -0.39 is 11.6 Å². The van der Waals surface area contributed by atoms with Crippen LogP contribution in [0.2, 0.25) is 0 Å². The molecule has 3 aromatic rings. The van der Waals surface area contributed by atoms with Gasteiger partial charge in [0.15, 0.2) is 5.54 Å². The van der Waals surface area contributed by atoms with Crippen molar-refractivity contribution in [2.24, 2.45) is 0 Å². The molecule has 1 N–H and O–H groups in total. The van der Waals surface area contributed by atoms with Gasteiger partial charge in [-0.1, -0.05) is 48.5 Å². The standard InChI is InChI=1S/C23H23N3O2/c1-3-26-21(27)19-13-17-16-11-7-8-12-18(16)24-20(17)23(26,2)22(28)25(19)14-15-9-5-4-6-10-15/h4-12,19,24H,3,13-14H2,1-2H3/t19-,23+/m0/s1. The maximum absolute atomic E-state index is 13.8. The molecule has 142 valence electrons. The van der Waals surface area contributed by atoms with Gasteiger partial charge >= 0.3 is 0 Å². The number of para-hydroxylation sites is 1. The van der Waals surface area contributed by atoms with E-state index in [1.165, 1.54) is 0 Å². The van der Waals surface area contributed by atoms with Crippen LogP contribution < -0.4 is 0 Å². The number of rotatable bonds is 3. The monoisotopic (exact) mass is 373 g/mol. The lowest BCUT2D eigenvalue weighted by Crippen LogP contribution is -2.67. The number of hydrogen-bond donors (Lipinski definition) is 1. The summed E-state index contributed by atoms with van der Waals surface area (Å²) in [6.07, 6.45) is 0.544. The predicted molar refractivity (Wildman–Crippen MR) is 108 cm³/mol. The van der Waals surface area contributed by atoms with E-state index in [0.29, 0.717) is 19.5 Å². The molecule has 0 spiro atoms. The van der Waals surface area contributed by atoms with E-state index in [2.05, 4.69) is 11.1 Å². The lowest BCUT2D eigenvalue weighted by molar-refractivity contribution is -0.170. The lowest BCUT2D eigenvalue weighted by atomic mass is 9.90. The van der Waals surface area contributed by atoms with Gasteiger partial charge in [-0.05, 0) is 31.0 Å². The quantitative estimate of drug-likeness (QED) is 0.767. The van der Waals surface area contributed by atoms with Crippen LogP contribution in [-0.2, 0) is 28.1 Å². The Labute approximate surface area is 163 Å². The van der Waals surface area contributed by atoms with Gasteiger partial charge in [-0.3, -0.25) is 9.59 Å². The summed E-state index contributed by atoms with van der Waals surface area (Å²) in [5.41, 5.74) is 3.01. The molecular weight excluding hydrogens is 350 g/mol. The van der Waals surface area contributed by atoms with Gasteiger partial charge in [0, 0.05) is 30.4 Å². The molecule has 28 heavy (non-hydrogen) atoms. The second-order valence-corrected chi connectivity index (χ2v) is 7.82. The zero-order valence-corrected chi connectivity index (χ0v) is 16.1. The van der Waals surface area contributed by atoms with Gasteiger partial charge in [0.1, 0.15) is 6.04 Å². The van der Waals surface area contributed by atoms with Crippen LogP contribution in [-0.4, -0.2) is 39.2 Å². The van der Waals surface area contributed by atoms with Gasteiger partial charge in [-0.15, -0.1) is 0 Å². The molecule has 2 amide bonds. The molecule has 0 unspecified atom stereocenters. The summed E-state index contributed by atoms with van der Waals surface area (Å²) in [6, 6.07) is 17.5. The zero-order valence-electron chi connectivity index (χ0n) is 16.1. The first-order valence-corrected chi connectivity index (χ1v) is 9.82. The minimum atomic E-state index is -1.01. The predicted octanol–water partition coefficient (Wildman–Crippen LogP) is 3.20. The fourth-order valence-electron chi connectivity index (χ4n) is 4.96. The fourth-order valence-corrected chi connectivity index (χ4v) is 4.96. The van der Waals surface area contributed by atoms with Crippen LogP contribution in [0.4, 0.5) is 0 Å². The van der Waals surface area contributed by atoms with Crippen molar-refractivity contribution in [2.75, 3.05) is 6.54 Å².